The van der Waals surface area contributed by atoms with Gasteiger partial charge in [0.15, 0.2) is 5.82 Å². The summed E-state index contributed by atoms with van der Waals surface area (Å²) in [5.74, 6) is 0.568. The van der Waals surface area contributed by atoms with Gasteiger partial charge in [-0.2, -0.15) is 0 Å². The molecule has 1 aromatic heterocycles. The molecule has 0 saturated carbocycles. The summed E-state index contributed by atoms with van der Waals surface area (Å²) < 4.78 is 42.0. The van der Waals surface area contributed by atoms with E-state index in [4.69, 9.17) is 4.98 Å². The molecule has 0 fully saturated rings. The quantitative estimate of drug-likeness (QED) is 0.794. The normalized spacial score (nSPS) is 17.8. The predicted molar refractivity (Wildman–Crippen MR) is 98.2 cm³/mol. The summed E-state index contributed by atoms with van der Waals surface area (Å²) in [6.07, 6.45) is 1.02. The van der Waals surface area contributed by atoms with Gasteiger partial charge in [0.25, 0.3) is 0 Å². The van der Waals surface area contributed by atoms with Gasteiger partial charge in [0.05, 0.1) is 11.4 Å². The average molecular weight is 390 g/mol. The van der Waals surface area contributed by atoms with Crippen LogP contribution < -0.4 is 4.74 Å². The highest BCUT2D eigenvalue weighted by Gasteiger charge is 2.32. The largest absolute Gasteiger partial charge is 0.573 e. The van der Waals surface area contributed by atoms with E-state index in [1.165, 1.54) is 6.07 Å². The molecular weight excluding hydrogens is 369 g/mol. The molecular formula is C20H21F3N4O. The number of hydrogen-bond donors (Lipinski definition) is 0. The van der Waals surface area contributed by atoms with Gasteiger partial charge in [0.1, 0.15) is 5.75 Å². The SMILES string of the molecule is FC(F)(F)Oc1ccccc1CN1CCc2nc(C3=NCCCC3)ncc2C1. The molecule has 148 valence electrons. The van der Waals surface area contributed by atoms with Crippen LogP contribution in [0.3, 0.4) is 0 Å². The minimum atomic E-state index is -4.70. The van der Waals surface area contributed by atoms with Gasteiger partial charge in [-0.15, -0.1) is 13.2 Å². The Balaban J connectivity index is 1.47. The summed E-state index contributed by atoms with van der Waals surface area (Å²) in [7, 11) is 0. The predicted octanol–water partition coefficient (Wildman–Crippen LogP) is 3.91. The lowest BCUT2D eigenvalue weighted by molar-refractivity contribution is -0.275. The zero-order chi connectivity index (χ0) is 19.6. The van der Waals surface area contributed by atoms with Gasteiger partial charge in [-0.3, -0.25) is 9.89 Å². The second-order valence-corrected chi connectivity index (χ2v) is 7.07. The van der Waals surface area contributed by atoms with Crippen LogP contribution in [-0.2, 0) is 19.5 Å². The van der Waals surface area contributed by atoms with E-state index in [9.17, 15) is 13.2 Å². The van der Waals surface area contributed by atoms with Crippen LogP contribution >= 0.6 is 0 Å². The van der Waals surface area contributed by atoms with Gasteiger partial charge in [-0.05, 0) is 25.3 Å². The van der Waals surface area contributed by atoms with E-state index in [1.807, 2.05) is 6.20 Å². The van der Waals surface area contributed by atoms with Crippen molar-refractivity contribution >= 4 is 5.71 Å². The number of nitrogens with zero attached hydrogens (tertiary/aromatic N) is 4. The first-order valence-electron chi connectivity index (χ1n) is 9.42. The highest BCUT2D eigenvalue weighted by molar-refractivity contribution is 5.97. The fourth-order valence-corrected chi connectivity index (χ4v) is 3.63. The van der Waals surface area contributed by atoms with Crippen molar-refractivity contribution in [1.82, 2.24) is 14.9 Å². The third-order valence-electron chi connectivity index (χ3n) is 4.99. The fraction of sp³-hybridized carbons (Fsp3) is 0.450. The average Bonchev–Trinajstić information content (AvgIpc) is 2.69. The molecule has 3 heterocycles. The molecule has 0 N–H and O–H groups in total. The van der Waals surface area contributed by atoms with Crippen LogP contribution in [0.5, 0.6) is 5.75 Å². The Labute approximate surface area is 161 Å². The highest BCUT2D eigenvalue weighted by Crippen LogP contribution is 2.28. The molecule has 4 rings (SSSR count). The standard InChI is InChI=1S/C20H21F3N4O/c21-20(22,23)28-18-7-2-1-5-14(18)12-27-10-8-16-15(13-27)11-25-19(26-16)17-6-3-4-9-24-17/h1-2,5,7,11H,3-4,6,8-10,12-13H2. The second kappa shape index (κ2) is 7.87. The van der Waals surface area contributed by atoms with Crippen LogP contribution in [0.2, 0.25) is 0 Å². The van der Waals surface area contributed by atoms with E-state index < -0.39 is 6.36 Å². The first kappa shape index (κ1) is 18.9. The summed E-state index contributed by atoms with van der Waals surface area (Å²) >= 11 is 0. The van der Waals surface area contributed by atoms with E-state index in [2.05, 4.69) is 19.6 Å². The van der Waals surface area contributed by atoms with E-state index in [0.717, 1.165) is 61.6 Å². The molecule has 0 radical (unpaired) electrons. The lowest BCUT2D eigenvalue weighted by atomic mass is 10.0. The summed E-state index contributed by atoms with van der Waals surface area (Å²) in [5, 5.41) is 0. The number of fused-ring (bicyclic) bond motifs is 1. The molecule has 2 aliphatic heterocycles. The maximum atomic E-state index is 12.6. The minimum absolute atomic E-state index is 0.150. The monoisotopic (exact) mass is 390 g/mol. The van der Waals surface area contributed by atoms with Gasteiger partial charge >= 0.3 is 6.36 Å². The Kier molecular flexibility index (Phi) is 5.30. The van der Waals surface area contributed by atoms with Crippen molar-refractivity contribution in [3.8, 4) is 5.75 Å². The van der Waals surface area contributed by atoms with E-state index in [1.54, 1.807) is 18.2 Å². The van der Waals surface area contributed by atoms with Crippen molar-refractivity contribution in [2.75, 3.05) is 13.1 Å². The number of benzene rings is 1. The van der Waals surface area contributed by atoms with Crippen LogP contribution in [0.1, 0.15) is 41.9 Å². The van der Waals surface area contributed by atoms with Crippen molar-refractivity contribution in [2.24, 2.45) is 4.99 Å². The number of para-hydroxylation sites is 1. The van der Waals surface area contributed by atoms with Crippen LogP contribution in [0, 0.1) is 0 Å². The molecule has 8 heteroatoms. The molecule has 1 aromatic carbocycles. The van der Waals surface area contributed by atoms with Crippen molar-refractivity contribution in [3.05, 3.63) is 53.1 Å². The maximum Gasteiger partial charge on any atom is 0.573 e. The molecule has 5 nitrogen and oxygen atoms in total. The third kappa shape index (κ3) is 4.49. The van der Waals surface area contributed by atoms with Crippen molar-refractivity contribution < 1.29 is 17.9 Å². The van der Waals surface area contributed by atoms with Gasteiger partial charge in [0, 0.05) is 49.9 Å². The molecule has 0 atom stereocenters. The first-order chi connectivity index (χ1) is 13.5. The lowest BCUT2D eigenvalue weighted by Crippen LogP contribution is -2.32. The number of halogens is 3. The van der Waals surface area contributed by atoms with E-state index in [0.29, 0.717) is 18.7 Å². The first-order valence-corrected chi connectivity index (χ1v) is 9.42. The molecule has 0 amide bonds. The summed E-state index contributed by atoms with van der Waals surface area (Å²) in [4.78, 5) is 15.8. The third-order valence-corrected chi connectivity index (χ3v) is 4.99. The Morgan fingerprint density at radius 3 is 2.75 bits per heavy atom. The van der Waals surface area contributed by atoms with Crippen molar-refractivity contribution in [3.63, 3.8) is 0 Å². The van der Waals surface area contributed by atoms with Gasteiger partial charge in [-0.25, -0.2) is 9.97 Å². The van der Waals surface area contributed by atoms with E-state index in [-0.39, 0.29) is 5.75 Å². The van der Waals surface area contributed by atoms with Crippen LogP contribution in [-0.4, -0.2) is 40.0 Å². The zero-order valence-electron chi connectivity index (χ0n) is 15.4. The molecule has 0 saturated heterocycles. The molecule has 28 heavy (non-hydrogen) atoms. The number of hydrogen-bond acceptors (Lipinski definition) is 5. The Morgan fingerprint density at radius 1 is 1.11 bits per heavy atom. The fourth-order valence-electron chi connectivity index (χ4n) is 3.63. The molecule has 0 bridgehead atoms. The second-order valence-electron chi connectivity index (χ2n) is 7.07. The number of alkyl halides is 3. The van der Waals surface area contributed by atoms with Crippen LogP contribution in [0.4, 0.5) is 13.2 Å². The molecule has 2 aliphatic rings. The summed E-state index contributed by atoms with van der Waals surface area (Å²) in [6, 6.07) is 6.27. The van der Waals surface area contributed by atoms with Crippen molar-refractivity contribution in [1.29, 1.82) is 0 Å². The summed E-state index contributed by atoms with van der Waals surface area (Å²) in [6.45, 7) is 2.53. The van der Waals surface area contributed by atoms with Crippen molar-refractivity contribution in [2.45, 2.75) is 45.1 Å². The minimum Gasteiger partial charge on any atom is -0.405 e. The Morgan fingerprint density at radius 2 is 1.96 bits per heavy atom. The lowest BCUT2D eigenvalue weighted by Gasteiger charge is -2.28. The zero-order valence-corrected chi connectivity index (χ0v) is 15.4. The topological polar surface area (TPSA) is 50.6 Å². The highest BCUT2D eigenvalue weighted by atomic mass is 19.4. The molecule has 0 unspecified atom stereocenters. The number of aromatic nitrogens is 2. The number of aliphatic imine (C=N–C) groups is 1. The van der Waals surface area contributed by atoms with Gasteiger partial charge in [0.2, 0.25) is 0 Å². The maximum absolute atomic E-state index is 12.6. The molecule has 0 aliphatic carbocycles. The van der Waals surface area contributed by atoms with E-state index >= 15 is 0 Å². The van der Waals surface area contributed by atoms with Crippen LogP contribution in [0.15, 0.2) is 35.5 Å². The van der Waals surface area contributed by atoms with Crippen LogP contribution in [0.25, 0.3) is 0 Å². The summed E-state index contributed by atoms with van der Waals surface area (Å²) in [5.41, 5.74) is 3.52. The van der Waals surface area contributed by atoms with Gasteiger partial charge in [-0.1, -0.05) is 18.2 Å². The smallest absolute Gasteiger partial charge is 0.405 e. The van der Waals surface area contributed by atoms with Gasteiger partial charge < -0.3 is 4.74 Å². The number of rotatable bonds is 4. The molecule has 2 aromatic rings. The Hall–Kier alpha value is -2.48. The molecule has 0 spiro atoms. The number of ether oxygens (including phenoxy) is 1. The Bertz CT molecular complexity index is 882.